The summed E-state index contributed by atoms with van der Waals surface area (Å²) in [6.45, 7) is 7.03. The third-order valence-electron chi connectivity index (χ3n) is 0.510. The van der Waals surface area contributed by atoms with Crippen LogP contribution in [-0.4, -0.2) is 5.54 Å². The maximum absolute atomic E-state index is 7.06. The molecule has 0 aromatic rings. The van der Waals surface area contributed by atoms with Gasteiger partial charge in [-0.25, -0.2) is 5.73 Å². The van der Waals surface area contributed by atoms with Crippen molar-refractivity contribution in [1.29, 1.82) is 0 Å². The molecule has 1 nitrogen and oxygen atoms in total. The van der Waals surface area contributed by atoms with Crippen molar-refractivity contribution in [2.75, 3.05) is 0 Å². The van der Waals surface area contributed by atoms with E-state index in [0.29, 0.717) is 0 Å². The van der Waals surface area contributed by atoms with Gasteiger partial charge in [-0.1, -0.05) is 6.08 Å². The predicted molar refractivity (Wildman–Crippen MR) is 27.4 cm³/mol. The summed E-state index contributed by atoms with van der Waals surface area (Å²) < 4.78 is 0. The highest BCUT2D eigenvalue weighted by Crippen LogP contribution is 1.96. The Morgan fingerprint density at radius 3 is 1.83 bits per heavy atom. The summed E-state index contributed by atoms with van der Waals surface area (Å²) in [5, 5.41) is 0. The molecule has 0 aromatic carbocycles. The summed E-state index contributed by atoms with van der Waals surface area (Å²) in [4.78, 5) is 0. The van der Waals surface area contributed by atoms with E-state index in [4.69, 9.17) is 5.73 Å². The van der Waals surface area contributed by atoms with Crippen LogP contribution in [0.4, 0.5) is 0 Å². The first-order valence-corrected chi connectivity index (χ1v) is 1.95. The van der Waals surface area contributed by atoms with E-state index in [1.165, 1.54) is 0 Å². The Morgan fingerprint density at radius 1 is 1.67 bits per heavy atom. The van der Waals surface area contributed by atoms with E-state index in [1.807, 2.05) is 0 Å². The van der Waals surface area contributed by atoms with Crippen molar-refractivity contribution in [2.24, 2.45) is 0 Å². The van der Waals surface area contributed by atoms with Crippen molar-refractivity contribution in [1.82, 2.24) is 5.73 Å². The molecule has 6 heavy (non-hydrogen) atoms. The van der Waals surface area contributed by atoms with Crippen LogP contribution in [0.2, 0.25) is 0 Å². The average molecular weight is 84.1 g/mol. The highest BCUT2D eigenvalue weighted by molar-refractivity contribution is 4.90. The number of hydrogen-bond donors (Lipinski definition) is 0. The van der Waals surface area contributed by atoms with E-state index in [-0.39, 0.29) is 0 Å². The molecule has 0 heterocycles. The van der Waals surface area contributed by atoms with Gasteiger partial charge < -0.3 is 0 Å². The van der Waals surface area contributed by atoms with Gasteiger partial charge >= 0.3 is 0 Å². The predicted octanol–water partition coefficient (Wildman–Crippen LogP) is 1.23. The van der Waals surface area contributed by atoms with E-state index in [2.05, 4.69) is 6.58 Å². The molecule has 0 spiro atoms. The van der Waals surface area contributed by atoms with Gasteiger partial charge in [0.2, 0.25) is 0 Å². The van der Waals surface area contributed by atoms with Crippen LogP contribution in [0.5, 0.6) is 0 Å². The fourth-order valence-electron chi connectivity index (χ4n) is 0. The fourth-order valence-corrected chi connectivity index (χ4v) is 0. The fraction of sp³-hybridized carbons (Fsp3) is 0.600. The highest BCUT2D eigenvalue weighted by atomic mass is 14.7. The molecule has 1 heteroatoms. The minimum absolute atomic E-state index is 0.444. The Bertz CT molecular complexity index is 49.4. The molecule has 0 aliphatic heterocycles. The summed E-state index contributed by atoms with van der Waals surface area (Å²) in [7, 11) is 0. The van der Waals surface area contributed by atoms with Gasteiger partial charge in [-0.05, 0) is 13.8 Å². The maximum Gasteiger partial charge on any atom is 0.0444 e. The van der Waals surface area contributed by atoms with Gasteiger partial charge in [0, 0.05) is 5.54 Å². The molecule has 0 atom stereocenters. The zero-order valence-electron chi connectivity index (χ0n) is 4.28. The lowest BCUT2D eigenvalue weighted by Gasteiger charge is -2.07. The largest absolute Gasteiger partial charge is 0.248 e. The molecule has 0 unspecified atom stereocenters. The monoisotopic (exact) mass is 84.1 g/mol. The highest BCUT2D eigenvalue weighted by Gasteiger charge is 2.01. The molecule has 35 valence electrons. The number of rotatable bonds is 1. The van der Waals surface area contributed by atoms with E-state index in [9.17, 15) is 0 Å². The quantitative estimate of drug-likeness (QED) is 0.427. The second-order valence-electron chi connectivity index (χ2n) is 1.93. The van der Waals surface area contributed by atoms with Gasteiger partial charge in [0.05, 0.1) is 0 Å². The third kappa shape index (κ3) is 3.70. The van der Waals surface area contributed by atoms with Crippen molar-refractivity contribution in [3.8, 4) is 0 Å². The van der Waals surface area contributed by atoms with Crippen LogP contribution in [0.1, 0.15) is 13.8 Å². The zero-order chi connectivity index (χ0) is 5.21. The van der Waals surface area contributed by atoms with Crippen LogP contribution < -0.4 is 5.73 Å². The molecule has 0 aliphatic carbocycles. The standard InChI is InChI=1S/C5H10N/c1-4-5(2,3)6/h4,6H,1H2,2-3H3. The lowest BCUT2D eigenvalue weighted by molar-refractivity contribution is 0.631. The Balaban J connectivity index is 3.45. The topological polar surface area (TPSA) is 23.8 Å². The Hall–Kier alpha value is -0.300. The second kappa shape index (κ2) is 1.43. The van der Waals surface area contributed by atoms with Crippen molar-refractivity contribution >= 4 is 0 Å². The van der Waals surface area contributed by atoms with Gasteiger partial charge in [0.1, 0.15) is 0 Å². The van der Waals surface area contributed by atoms with E-state index in [1.54, 1.807) is 19.9 Å². The first kappa shape index (κ1) is 5.70. The first-order valence-electron chi connectivity index (χ1n) is 1.95. The van der Waals surface area contributed by atoms with Crippen LogP contribution in [0.3, 0.4) is 0 Å². The molecule has 1 N–H and O–H groups in total. The summed E-state index contributed by atoms with van der Waals surface area (Å²) >= 11 is 0. The first-order chi connectivity index (χ1) is 2.56. The van der Waals surface area contributed by atoms with Gasteiger partial charge in [0.15, 0.2) is 0 Å². The normalized spacial score (nSPS) is 11.2. The van der Waals surface area contributed by atoms with Crippen LogP contribution in [0, 0.1) is 0 Å². The lowest BCUT2D eigenvalue weighted by Crippen LogP contribution is -2.15. The Kier molecular flexibility index (Phi) is 1.36. The second-order valence-corrected chi connectivity index (χ2v) is 1.93. The van der Waals surface area contributed by atoms with Gasteiger partial charge in [-0.15, -0.1) is 6.58 Å². The van der Waals surface area contributed by atoms with Crippen molar-refractivity contribution in [3.63, 3.8) is 0 Å². The Labute approximate surface area is 38.8 Å². The van der Waals surface area contributed by atoms with Crippen molar-refractivity contribution < 1.29 is 0 Å². The zero-order valence-corrected chi connectivity index (χ0v) is 4.28. The summed E-state index contributed by atoms with van der Waals surface area (Å²) in [6.07, 6.45) is 1.60. The smallest absolute Gasteiger partial charge is 0.0444 e. The molecule has 0 saturated carbocycles. The maximum atomic E-state index is 7.06. The Morgan fingerprint density at radius 2 is 1.83 bits per heavy atom. The SMILES string of the molecule is C=CC(C)(C)[NH]. The molecule has 0 aromatic heterocycles. The van der Waals surface area contributed by atoms with Gasteiger partial charge in [0.25, 0.3) is 0 Å². The van der Waals surface area contributed by atoms with E-state index < -0.39 is 5.54 Å². The molecular formula is C5H10N. The summed E-state index contributed by atoms with van der Waals surface area (Å²) in [6, 6.07) is 0. The van der Waals surface area contributed by atoms with Crippen molar-refractivity contribution in [2.45, 2.75) is 19.4 Å². The van der Waals surface area contributed by atoms with Gasteiger partial charge in [-0.3, -0.25) is 0 Å². The number of nitrogens with one attached hydrogen (secondary N) is 1. The molecule has 0 bridgehead atoms. The van der Waals surface area contributed by atoms with E-state index >= 15 is 0 Å². The number of hydrogen-bond acceptors (Lipinski definition) is 0. The summed E-state index contributed by atoms with van der Waals surface area (Å²) in [5.74, 6) is 0. The van der Waals surface area contributed by atoms with Gasteiger partial charge in [-0.2, -0.15) is 0 Å². The molecule has 0 fully saturated rings. The minimum Gasteiger partial charge on any atom is -0.248 e. The van der Waals surface area contributed by atoms with Crippen LogP contribution in [-0.2, 0) is 0 Å². The summed E-state index contributed by atoms with van der Waals surface area (Å²) in [5.41, 5.74) is 6.62. The van der Waals surface area contributed by atoms with Crippen molar-refractivity contribution in [3.05, 3.63) is 12.7 Å². The molecule has 1 radical (unpaired) electrons. The van der Waals surface area contributed by atoms with Crippen LogP contribution in [0.25, 0.3) is 0 Å². The molecule has 0 rings (SSSR count). The minimum atomic E-state index is -0.444. The van der Waals surface area contributed by atoms with Crippen LogP contribution >= 0.6 is 0 Å². The average Bonchev–Trinajstić information content (AvgIpc) is 1.35. The molecular weight excluding hydrogens is 74.1 g/mol. The molecule has 0 amide bonds. The third-order valence-corrected chi connectivity index (χ3v) is 0.510. The molecule has 0 saturated heterocycles. The van der Waals surface area contributed by atoms with Crippen LogP contribution in [0.15, 0.2) is 12.7 Å². The van der Waals surface area contributed by atoms with E-state index in [0.717, 1.165) is 0 Å². The molecule has 0 aliphatic rings. The lowest BCUT2D eigenvalue weighted by atomic mass is 10.1.